The SMILES string of the molecule is CCCCNC(=O)[C@@H](C)N(Cc1cccc(OC)c1)C(=O)CCN1C(=O)c2ccccc2S1(=O)=O. The van der Waals surface area contributed by atoms with E-state index < -0.39 is 27.9 Å². The Kier molecular flexibility index (Phi) is 8.50. The molecule has 9 nitrogen and oxygen atoms in total. The molecule has 0 radical (unpaired) electrons. The number of benzene rings is 2. The number of hydrogen-bond acceptors (Lipinski definition) is 6. The molecule has 10 heteroatoms. The minimum Gasteiger partial charge on any atom is -0.497 e. The summed E-state index contributed by atoms with van der Waals surface area (Å²) >= 11 is 0. The molecule has 1 aliphatic heterocycles. The van der Waals surface area contributed by atoms with Crippen molar-refractivity contribution in [2.45, 2.75) is 50.6 Å². The lowest BCUT2D eigenvalue weighted by Gasteiger charge is -2.29. The minimum absolute atomic E-state index is 0.0608. The summed E-state index contributed by atoms with van der Waals surface area (Å²) in [5.74, 6) is -0.781. The number of fused-ring (bicyclic) bond motifs is 1. The van der Waals surface area contributed by atoms with Gasteiger partial charge in [-0.05, 0) is 43.2 Å². The maximum atomic E-state index is 13.3. The van der Waals surface area contributed by atoms with Crippen molar-refractivity contribution < 1.29 is 27.5 Å². The van der Waals surface area contributed by atoms with Crippen LogP contribution in [0.1, 0.15) is 49.0 Å². The van der Waals surface area contributed by atoms with Gasteiger partial charge in [0.2, 0.25) is 11.8 Å². The van der Waals surface area contributed by atoms with Crippen molar-refractivity contribution in [1.29, 1.82) is 0 Å². The van der Waals surface area contributed by atoms with E-state index in [0.717, 1.165) is 22.7 Å². The summed E-state index contributed by atoms with van der Waals surface area (Å²) in [6.45, 7) is 3.96. The summed E-state index contributed by atoms with van der Waals surface area (Å²) in [5, 5.41) is 2.84. The summed E-state index contributed by atoms with van der Waals surface area (Å²) in [6.07, 6.45) is 1.48. The highest BCUT2D eigenvalue weighted by atomic mass is 32.2. The number of rotatable bonds is 11. The van der Waals surface area contributed by atoms with Crippen LogP contribution in [0.2, 0.25) is 0 Å². The third-order valence-electron chi connectivity index (χ3n) is 5.92. The third kappa shape index (κ3) is 5.82. The fraction of sp³-hybridized carbons (Fsp3) is 0.400. The molecule has 1 aliphatic rings. The quantitative estimate of drug-likeness (QED) is 0.474. The Morgan fingerprint density at radius 1 is 1.14 bits per heavy atom. The lowest BCUT2D eigenvalue weighted by molar-refractivity contribution is -0.140. The molecule has 0 unspecified atom stereocenters. The number of carbonyl (C=O) groups excluding carboxylic acids is 3. The highest BCUT2D eigenvalue weighted by molar-refractivity contribution is 7.90. The van der Waals surface area contributed by atoms with Crippen molar-refractivity contribution in [2.75, 3.05) is 20.2 Å². The molecule has 0 aliphatic carbocycles. The Labute approximate surface area is 206 Å². The van der Waals surface area contributed by atoms with Crippen molar-refractivity contribution in [1.82, 2.24) is 14.5 Å². The molecule has 0 saturated carbocycles. The van der Waals surface area contributed by atoms with Gasteiger partial charge in [-0.1, -0.05) is 37.6 Å². The summed E-state index contributed by atoms with van der Waals surface area (Å²) in [7, 11) is -2.48. The smallest absolute Gasteiger partial charge is 0.269 e. The van der Waals surface area contributed by atoms with Gasteiger partial charge in [0.25, 0.3) is 15.9 Å². The van der Waals surface area contributed by atoms with Gasteiger partial charge in [0.15, 0.2) is 0 Å². The predicted octanol–water partition coefficient (Wildman–Crippen LogP) is 2.56. The van der Waals surface area contributed by atoms with E-state index in [4.69, 9.17) is 4.74 Å². The van der Waals surface area contributed by atoms with Crippen LogP contribution in [0, 0.1) is 0 Å². The summed E-state index contributed by atoms with van der Waals surface area (Å²) < 4.78 is 31.6. The number of hydrogen-bond donors (Lipinski definition) is 1. The maximum Gasteiger partial charge on any atom is 0.269 e. The Bertz CT molecular complexity index is 1200. The molecule has 0 aromatic heterocycles. The molecular formula is C25H31N3O6S. The molecule has 3 amide bonds. The van der Waals surface area contributed by atoms with Gasteiger partial charge < -0.3 is 15.0 Å². The number of nitrogens with one attached hydrogen (secondary N) is 1. The summed E-state index contributed by atoms with van der Waals surface area (Å²) in [4.78, 5) is 40.1. The topological polar surface area (TPSA) is 113 Å². The van der Waals surface area contributed by atoms with Crippen LogP contribution in [0.3, 0.4) is 0 Å². The largest absolute Gasteiger partial charge is 0.497 e. The van der Waals surface area contributed by atoms with Gasteiger partial charge in [0.05, 0.1) is 12.7 Å². The van der Waals surface area contributed by atoms with E-state index in [2.05, 4.69) is 5.32 Å². The number of amides is 3. The molecule has 1 atom stereocenters. The van der Waals surface area contributed by atoms with Gasteiger partial charge >= 0.3 is 0 Å². The van der Waals surface area contributed by atoms with Gasteiger partial charge in [-0.15, -0.1) is 0 Å². The van der Waals surface area contributed by atoms with Gasteiger partial charge in [-0.25, -0.2) is 12.7 Å². The molecule has 0 saturated heterocycles. The first-order valence-corrected chi connectivity index (χ1v) is 13.0. The molecular weight excluding hydrogens is 470 g/mol. The van der Waals surface area contributed by atoms with E-state index in [9.17, 15) is 22.8 Å². The molecule has 0 bridgehead atoms. The monoisotopic (exact) mass is 501 g/mol. The first-order valence-electron chi connectivity index (χ1n) is 11.6. The highest BCUT2D eigenvalue weighted by Gasteiger charge is 2.41. The second kappa shape index (κ2) is 11.4. The molecule has 0 fully saturated rings. The number of methoxy groups -OCH3 is 1. The van der Waals surface area contributed by atoms with Gasteiger partial charge in [0, 0.05) is 26.1 Å². The van der Waals surface area contributed by atoms with Crippen LogP contribution in [0.15, 0.2) is 53.4 Å². The predicted molar refractivity (Wildman–Crippen MR) is 130 cm³/mol. The van der Waals surface area contributed by atoms with E-state index >= 15 is 0 Å². The van der Waals surface area contributed by atoms with Crippen LogP contribution < -0.4 is 10.1 Å². The zero-order valence-electron chi connectivity index (χ0n) is 20.2. The van der Waals surface area contributed by atoms with Crippen LogP contribution in [-0.4, -0.2) is 61.6 Å². The second-order valence-electron chi connectivity index (χ2n) is 8.32. The molecule has 188 valence electrons. The molecule has 35 heavy (non-hydrogen) atoms. The van der Waals surface area contributed by atoms with E-state index in [1.54, 1.807) is 37.3 Å². The number of sulfonamides is 1. The number of nitrogens with zero attached hydrogens (tertiary/aromatic N) is 2. The maximum absolute atomic E-state index is 13.3. The van der Waals surface area contributed by atoms with Crippen LogP contribution >= 0.6 is 0 Å². The van der Waals surface area contributed by atoms with Crippen molar-refractivity contribution in [3.05, 3.63) is 59.7 Å². The Morgan fingerprint density at radius 2 is 1.89 bits per heavy atom. The second-order valence-corrected chi connectivity index (χ2v) is 10.2. The van der Waals surface area contributed by atoms with E-state index in [1.807, 2.05) is 13.0 Å². The summed E-state index contributed by atoms with van der Waals surface area (Å²) in [5.41, 5.74) is 0.847. The number of ether oxygens (including phenoxy) is 1. The lowest BCUT2D eigenvalue weighted by Crippen LogP contribution is -2.48. The van der Waals surface area contributed by atoms with Crippen LogP contribution in [0.25, 0.3) is 0 Å². The molecule has 0 spiro atoms. The molecule has 2 aromatic carbocycles. The first-order chi connectivity index (χ1) is 16.7. The Morgan fingerprint density at radius 3 is 2.57 bits per heavy atom. The van der Waals surface area contributed by atoms with E-state index in [-0.39, 0.29) is 35.9 Å². The zero-order chi connectivity index (χ0) is 25.6. The third-order valence-corrected chi connectivity index (χ3v) is 7.77. The van der Waals surface area contributed by atoms with Crippen molar-refractivity contribution >= 4 is 27.7 Å². The fourth-order valence-corrected chi connectivity index (χ4v) is 5.45. The standard InChI is InChI=1S/C25H31N3O6S/c1-4-5-14-26-24(30)18(2)27(17-19-9-8-10-20(16-19)34-3)23(29)13-15-28-25(31)21-11-6-7-12-22(21)35(28,32)33/h6-12,16,18H,4-5,13-15,17H2,1-3H3,(H,26,30)/t18-/m1/s1. The highest BCUT2D eigenvalue weighted by Crippen LogP contribution is 2.30. The zero-order valence-corrected chi connectivity index (χ0v) is 21.0. The average Bonchev–Trinajstić information content (AvgIpc) is 3.05. The Balaban J connectivity index is 1.78. The van der Waals surface area contributed by atoms with Crippen LogP contribution in [0.4, 0.5) is 0 Å². The summed E-state index contributed by atoms with van der Waals surface area (Å²) in [6, 6.07) is 12.3. The van der Waals surface area contributed by atoms with Gasteiger partial charge in [-0.3, -0.25) is 14.4 Å². The fourth-order valence-electron chi connectivity index (χ4n) is 3.88. The normalized spacial score (nSPS) is 14.8. The number of carbonyl (C=O) groups is 3. The molecule has 1 heterocycles. The molecule has 2 aromatic rings. The van der Waals surface area contributed by atoms with Crippen molar-refractivity contribution in [2.24, 2.45) is 0 Å². The Hall–Kier alpha value is -3.40. The van der Waals surface area contributed by atoms with Gasteiger partial charge in [0.1, 0.15) is 16.7 Å². The lowest BCUT2D eigenvalue weighted by atomic mass is 10.1. The van der Waals surface area contributed by atoms with Gasteiger partial charge in [-0.2, -0.15) is 0 Å². The first kappa shape index (κ1) is 26.2. The van der Waals surface area contributed by atoms with Crippen LogP contribution in [0.5, 0.6) is 5.75 Å². The van der Waals surface area contributed by atoms with E-state index in [0.29, 0.717) is 12.3 Å². The van der Waals surface area contributed by atoms with E-state index in [1.165, 1.54) is 24.1 Å². The molecule has 1 N–H and O–H groups in total. The minimum atomic E-state index is -4.02. The molecule has 3 rings (SSSR count). The number of unbranched alkanes of at least 4 members (excludes halogenated alkanes) is 1. The van der Waals surface area contributed by atoms with Crippen LogP contribution in [-0.2, 0) is 26.2 Å². The van der Waals surface area contributed by atoms with Crippen molar-refractivity contribution in [3.8, 4) is 5.75 Å². The average molecular weight is 502 g/mol. The van der Waals surface area contributed by atoms with Crippen molar-refractivity contribution in [3.63, 3.8) is 0 Å².